The minimum atomic E-state index is -0.321. The maximum atomic E-state index is 12.8. The molecule has 0 aliphatic carbocycles. The minimum Gasteiger partial charge on any atom is -0.362 e. The molecule has 0 N–H and O–H groups in total. The van der Waals surface area contributed by atoms with Gasteiger partial charge in [-0.25, -0.2) is 0 Å². The predicted octanol–water partition coefficient (Wildman–Crippen LogP) is 2.88. The van der Waals surface area contributed by atoms with Crippen LogP contribution in [0.1, 0.15) is 54.9 Å². The largest absolute Gasteiger partial charge is 0.362 e. The SMILES string of the molecule is CCCc1ccc(C(=O)N2CCC3(CC[C@H](C(=O)N(C)C)O3)CC2)cc1. The maximum Gasteiger partial charge on any atom is 0.253 e. The van der Waals surface area contributed by atoms with Gasteiger partial charge in [0.1, 0.15) is 6.10 Å². The molecular weight excluding hydrogens is 328 g/mol. The molecular formula is C21H30N2O3. The zero-order chi connectivity index (χ0) is 18.7. The lowest BCUT2D eigenvalue weighted by Gasteiger charge is -2.39. The molecule has 2 saturated heterocycles. The average molecular weight is 358 g/mol. The summed E-state index contributed by atoms with van der Waals surface area (Å²) in [5.41, 5.74) is 1.81. The van der Waals surface area contributed by atoms with Gasteiger partial charge in [0.05, 0.1) is 5.60 Å². The maximum absolute atomic E-state index is 12.8. The van der Waals surface area contributed by atoms with Gasteiger partial charge in [-0.2, -0.15) is 0 Å². The number of piperidine rings is 1. The number of ether oxygens (including phenoxy) is 1. The third-order valence-electron chi connectivity index (χ3n) is 5.67. The second kappa shape index (κ2) is 7.78. The molecule has 1 spiro atoms. The molecule has 1 aromatic carbocycles. The van der Waals surface area contributed by atoms with Gasteiger partial charge in [0.2, 0.25) is 0 Å². The van der Waals surface area contributed by atoms with Gasteiger partial charge in [-0.05, 0) is 49.8 Å². The lowest BCUT2D eigenvalue weighted by Crippen LogP contribution is -2.47. The van der Waals surface area contributed by atoms with E-state index in [4.69, 9.17) is 4.74 Å². The van der Waals surface area contributed by atoms with E-state index in [1.165, 1.54) is 5.56 Å². The van der Waals surface area contributed by atoms with Crippen LogP contribution in [0.2, 0.25) is 0 Å². The zero-order valence-corrected chi connectivity index (χ0v) is 16.2. The van der Waals surface area contributed by atoms with Crippen LogP contribution < -0.4 is 0 Å². The Labute approximate surface area is 156 Å². The molecule has 2 aliphatic rings. The van der Waals surface area contributed by atoms with Crippen molar-refractivity contribution in [3.63, 3.8) is 0 Å². The molecule has 5 nitrogen and oxygen atoms in total. The van der Waals surface area contributed by atoms with E-state index >= 15 is 0 Å². The Morgan fingerprint density at radius 1 is 1.15 bits per heavy atom. The molecule has 0 bridgehead atoms. The first-order valence-corrected chi connectivity index (χ1v) is 9.71. The molecule has 2 fully saturated rings. The van der Waals surface area contributed by atoms with E-state index in [2.05, 4.69) is 19.1 Å². The number of nitrogens with zero attached hydrogens (tertiary/aromatic N) is 2. The molecule has 2 aliphatic heterocycles. The number of rotatable bonds is 4. The monoisotopic (exact) mass is 358 g/mol. The minimum absolute atomic E-state index is 0.0487. The van der Waals surface area contributed by atoms with Crippen LogP contribution in [0, 0.1) is 0 Å². The summed E-state index contributed by atoms with van der Waals surface area (Å²) in [6.45, 7) is 3.54. The third-order valence-corrected chi connectivity index (χ3v) is 5.67. The number of likely N-dealkylation sites (N-methyl/N-ethyl adjacent to an activating group) is 1. The highest BCUT2D eigenvalue weighted by Crippen LogP contribution is 2.39. The van der Waals surface area contributed by atoms with E-state index in [-0.39, 0.29) is 23.5 Å². The topological polar surface area (TPSA) is 49.9 Å². The molecule has 142 valence electrons. The lowest BCUT2D eigenvalue weighted by atomic mass is 9.88. The van der Waals surface area contributed by atoms with Gasteiger partial charge >= 0.3 is 0 Å². The Hall–Kier alpha value is -1.88. The van der Waals surface area contributed by atoms with Crippen molar-refractivity contribution in [3.05, 3.63) is 35.4 Å². The van der Waals surface area contributed by atoms with Crippen molar-refractivity contribution < 1.29 is 14.3 Å². The van der Waals surface area contributed by atoms with Crippen LogP contribution in [0.15, 0.2) is 24.3 Å². The van der Waals surface area contributed by atoms with Crippen molar-refractivity contribution in [1.82, 2.24) is 9.80 Å². The van der Waals surface area contributed by atoms with Gasteiger partial charge in [-0.1, -0.05) is 25.5 Å². The number of hydrogen-bond donors (Lipinski definition) is 0. The lowest BCUT2D eigenvalue weighted by molar-refractivity contribution is -0.148. The highest BCUT2D eigenvalue weighted by Gasteiger charge is 2.45. The smallest absolute Gasteiger partial charge is 0.253 e. The van der Waals surface area contributed by atoms with Gasteiger partial charge in [-0.3, -0.25) is 9.59 Å². The van der Waals surface area contributed by atoms with E-state index in [1.54, 1.807) is 19.0 Å². The van der Waals surface area contributed by atoms with Crippen LogP contribution in [0.3, 0.4) is 0 Å². The quantitative estimate of drug-likeness (QED) is 0.832. The Balaban J connectivity index is 1.56. The summed E-state index contributed by atoms with van der Waals surface area (Å²) in [5, 5.41) is 0. The summed E-state index contributed by atoms with van der Waals surface area (Å²) in [6, 6.07) is 7.99. The number of carbonyl (C=O) groups excluding carboxylic acids is 2. The second-order valence-corrected chi connectivity index (χ2v) is 7.80. The molecule has 0 unspecified atom stereocenters. The molecule has 2 amide bonds. The van der Waals surface area contributed by atoms with Crippen molar-refractivity contribution in [2.75, 3.05) is 27.2 Å². The summed E-state index contributed by atoms with van der Waals surface area (Å²) in [5.74, 6) is 0.148. The number of aryl methyl sites for hydroxylation is 1. The average Bonchev–Trinajstić information content (AvgIpc) is 3.05. The molecule has 1 aromatic rings. The fourth-order valence-electron chi connectivity index (χ4n) is 4.05. The molecule has 3 rings (SSSR count). The van der Waals surface area contributed by atoms with Crippen LogP contribution >= 0.6 is 0 Å². The van der Waals surface area contributed by atoms with Crippen molar-refractivity contribution >= 4 is 11.8 Å². The standard InChI is InChI=1S/C21H30N2O3/c1-4-5-16-6-8-17(9-7-16)19(24)23-14-12-21(13-15-23)11-10-18(26-21)20(25)22(2)3/h6-9,18H,4-5,10-15H2,1-3H3/t18-/m1/s1. The number of benzene rings is 1. The summed E-state index contributed by atoms with van der Waals surface area (Å²) < 4.78 is 6.16. The van der Waals surface area contributed by atoms with Crippen LogP contribution in [-0.4, -0.2) is 60.5 Å². The van der Waals surface area contributed by atoms with Gasteiger partial charge in [0, 0.05) is 32.7 Å². The molecule has 0 aromatic heterocycles. The molecule has 2 heterocycles. The van der Waals surface area contributed by atoms with Crippen molar-refractivity contribution in [2.45, 2.75) is 57.2 Å². The van der Waals surface area contributed by atoms with E-state index < -0.39 is 0 Å². The zero-order valence-electron chi connectivity index (χ0n) is 16.2. The molecule has 0 saturated carbocycles. The Morgan fingerprint density at radius 3 is 2.38 bits per heavy atom. The first-order chi connectivity index (χ1) is 12.4. The highest BCUT2D eigenvalue weighted by molar-refractivity contribution is 5.94. The van der Waals surface area contributed by atoms with Gasteiger partial charge < -0.3 is 14.5 Å². The Morgan fingerprint density at radius 2 is 1.81 bits per heavy atom. The van der Waals surface area contributed by atoms with E-state index in [9.17, 15) is 9.59 Å². The summed E-state index contributed by atoms with van der Waals surface area (Å²) in [7, 11) is 3.54. The number of hydrogen-bond acceptors (Lipinski definition) is 3. The first kappa shape index (κ1) is 18.9. The molecule has 0 radical (unpaired) electrons. The highest BCUT2D eigenvalue weighted by atomic mass is 16.5. The Bertz CT molecular complexity index is 646. The van der Waals surface area contributed by atoms with Gasteiger partial charge in [0.25, 0.3) is 11.8 Å². The fourth-order valence-corrected chi connectivity index (χ4v) is 4.05. The summed E-state index contributed by atoms with van der Waals surface area (Å²) >= 11 is 0. The Kier molecular flexibility index (Phi) is 5.66. The van der Waals surface area contributed by atoms with E-state index in [0.717, 1.165) is 44.1 Å². The summed E-state index contributed by atoms with van der Waals surface area (Å²) in [4.78, 5) is 28.4. The van der Waals surface area contributed by atoms with Crippen molar-refractivity contribution in [3.8, 4) is 0 Å². The fraction of sp³-hybridized carbons (Fsp3) is 0.619. The number of carbonyl (C=O) groups is 2. The normalized spacial score (nSPS) is 21.8. The third kappa shape index (κ3) is 3.93. The number of likely N-dealkylation sites (tertiary alicyclic amines) is 1. The van der Waals surface area contributed by atoms with Crippen molar-refractivity contribution in [1.29, 1.82) is 0 Å². The van der Waals surface area contributed by atoms with Crippen LogP contribution in [0.4, 0.5) is 0 Å². The first-order valence-electron chi connectivity index (χ1n) is 9.71. The van der Waals surface area contributed by atoms with Gasteiger partial charge in [-0.15, -0.1) is 0 Å². The van der Waals surface area contributed by atoms with Crippen LogP contribution in [0.5, 0.6) is 0 Å². The second-order valence-electron chi connectivity index (χ2n) is 7.80. The molecule has 1 atom stereocenters. The number of amides is 2. The molecule has 26 heavy (non-hydrogen) atoms. The van der Waals surface area contributed by atoms with E-state index in [0.29, 0.717) is 13.1 Å². The van der Waals surface area contributed by atoms with Gasteiger partial charge in [0.15, 0.2) is 0 Å². The predicted molar refractivity (Wildman–Crippen MR) is 101 cm³/mol. The van der Waals surface area contributed by atoms with Crippen LogP contribution in [0.25, 0.3) is 0 Å². The van der Waals surface area contributed by atoms with Crippen LogP contribution in [-0.2, 0) is 16.0 Å². The summed E-state index contributed by atoms with van der Waals surface area (Å²) in [6.07, 6.45) is 5.14. The van der Waals surface area contributed by atoms with E-state index in [1.807, 2.05) is 17.0 Å². The van der Waals surface area contributed by atoms with Crippen molar-refractivity contribution in [2.24, 2.45) is 0 Å². The molecule has 5 heteroatoms.